The molecule has 7 heteroatoms. The molecule has 0 bridgehead atoms. The lowest BCUT2D eigenvalue weighted by Crippen LogP contribution is -2.49. The largest absolute Gasteiger partial charge is 0.481 e. The Kier molecular flexibility index (Phi) is 4.09. The molecule has 2 aliphatic heterocycles. The van der Waals surface area contributed by atoms with Gasteiger partial charge >= 0.3 is 5.97 Å². The number of likely N-dealkylation sites (tertiary alicyclic amines) is 1. The molecule has 1 saturated heterocycles. The Morgan fingerprint density at radius 2 is 1.96 bits per heavy atom. The number of ether oxygens (including phenoxy) is 1. The molecule has 7 nitrogen and oxygen atoms in total. The molecule has 138 valence electrons. The quantitative estimate of drug-likeness (QED) is 0.878. The summed E-state index contributed by atoms with van der Waals surface area (Å²) in [4.78, 5) is 40.0. The van der Waals surface area contributed by atoms with Gasteiger partial charge in [0.2, 0.25) is 5.91 Å². The number of anilines is 1. The number of carboxylic acid groups (broad SMARTS) is 1. The highest BCUT2D eigenvalue weighted by atomic mass is 16.5. The van der Waals surface area contributed by atoms with Crippen LogP contribution in [-0.2, 0) is 14.4 Å². The van der Waals surface area contributed by atoms with E-state index in [0.29, 0.717) is 23.9 Å². The molecule has 3 atom stereocenters. The molecule has 4 rings (SSSR count). The molecule has 1 unspecified atom stereocenters. The Labute approximate surface area is 151 Å². The molecular weight excluding hydrogens is 336 g/mol. The van der Waals surface area contributed by atoms with Crippen molar-refractivity contribution in [3.05, 3.63) is 24.3 Å². The summed E-state index contributed by atoms with van der Waals surface area (Å²) in [5.41, 5.74) is 0.580. The number of aliphatic carboxylic acids is 1. The van der Waals surface area contributed by atoms with Crippen molar-refractivity contribution in [2.24, 2.45) is 17.8 Å². The summed E-state index contributed by atoms with van der Waals surface area (Å²) in [5, 5.41) is 9.47. The number of para-hydroxylation sites is 2. The van der Waals surface area contributed by atoms with Crippen molar-refractivity contribution in [2.45, 2.75) is 25.9 Å². The average molecular weight is 358 g/mol. The molecule has 1 aliphatic carbocycles. The van der Waals surface area contributed by atoms with Crippen LogP contribution in [-0.4, -0.2) is 53.5 Å². The SMILES string of the molecule is CC1Oc2ccccc2N(CC(=O)N2C[C@H](C(=O)O)[C@@H](C3CC3)C2)C1=O. The van der Waals surface area contributed by atoms with Crippen molar-refractivity contribution >= 4 is 23.5 Å². The van der Waals surface area contributed by atoms with Crippen molar-refractivity contribution in [1.29, 1.82) is 0 Å². The fourth-order valence-corrected chi connectivity index (χ4v) is 4.05. The molecule has 3 aliphatic rings. The second kappa shape index (κ2) is 6.30. The number of benzene rings is 1. The molecule has 1 N–H and O–H groups in total. The zero-order valence-corrected chi connectivity index (χ0v) is 14.6. The van der Waals surface area contributed by atoms with Gasteiger partial charge in [0.25, 0.3) is 5.91 Å². The first-order chi connectivity index (χ1) is 12.5. The summed E-state index contributed by atoms with van der Waals surface area (Å²) in [6, 6.07) is 7.14. The standard InChI is InChI=1S/C19H22N2O5/c1-11-18(23)21(15-4-2-3-5-16(15)26-11)10-17(22)20-8-13(12-6-7-12)14(9-20)19(24)25/h2-5,11-14H,6-10H2,1H3,(H,24,25)/t11?,13-,14+/m1/s1. The first-order valence-corrected chi connectivity index (χ1v) is 9.03. The van der Waals surface area contributed by atoms with Crippen LogP contribution in [0.2, 0.25) is 0 Å². The Morgan fingerprint density at radius 1 is 1.23 bits per heavy atom. The lowest BCUT2D eigenvalue weighted by Gasteiger charge is -2.33. The lowest BCUT2D eigenvalue weighted by molar-refractivity contribution is -0.143. The van der Waals surface area contributed by atoms with Crippen LogP contribution in [0.1, 0.15) is 19.8 Å². The van der Waals surface area contributed by atoms with Crippen LogP contribution in [0.25, 0.3) is 0 Å². The fraction of sp³-hybridized carbons (Fsp3) is 0.526. The van der Waals surface area contributed by atoms with Crippen LogP contribution in [0, 0.1) is 17.8 Å². The van der Waals surface area contributed by atoms with Crippen molar-refractivity contribution in [2.75, 3.05) is 24.5 Å². The number of carbonyl (C=O) groups is 3. The summed E-state index contributed by atoms with van der Waals surface area (Å²) in [6.07, 6.45) is 1.44. The van der Waals surface area contributed by atoms with Crippen LogP contribution in [0.4, 0.5) is 5.69 Å². The van der Waals surface area contributed by atoms with Gasteiger partial charge in [0, 0.05) is 13.1 Å². The van der Waals surface area contributed by atoms with Crippen LogP contribution in [0.3, 0.4) is 0 Å². The summed E-state index contributed by atoms with van der Waals surface area (Å²) < 4.78 is 5.59. The fourth-order valence-electron chi connectivity index (χ4n) is 4.05. The first kappa shape index (κ1) is 16.9. The van der Waals surface area contributed by atoms with E-state index in [1.54, 1.807) is 30.0 Å². The van der Waals surface area contributed by atoms with E-state index in [1.807, 2.05) is 6.07 Å². The summed E-state index contributed by atoms with van der Waals surface area (Å²) >= 11 is 0. The summed E-state index contributed by atoms with van der Waals surface area (Å²) in [6.45, 7) is 2.27. The molecule has 2 heterocycles. The number of fused-ring (bicyclic) bond motifs is 1. The normalized spacial score (nSPS) is 27.9. The number of carboxylic acids is 1. The highest BCUT2D eigenvalue weighted by molar-refractivity contribution is 6.03. The van der Waals surface area contributed by atoms with Crippen molar-refractivity contribution in [1.82, 2.24) is 4.90 Å². The second-order valence-electron chi connectivity index (χ2n) is 7.40. The van der Waals surface area contributed by atoms with Crippen LogP contribution in [0.15, 0.2) is 24.3 Å². The van der Waals surface area contributed by atoms with E-state index < -0.39 is 18.0 Å². The van der Waals surface area contributed by atoms with Crippen LogP contribution < -0.4 is 9.64 Å². The Balaban J connectivity index is 1.51. The highest BCUT2D eigenvalue weighted by Gasteiger charge is 2.47. The number of amides is 2. The minimum Gasteiger partial charge on any atom is -0.481 e. The number of nitrogens with zero attached hydrogens (tertiary/aromatic N) is 2. The maximum atomic E-state index is 12.8. The van der Waals surface area contributed by atoms with Crippen LogP contribution >= 0.6 is 0 Å². The molecule has 1 aromatic carbocycles. The molecular formula is C19H22N2O5. The van der Waals surface area contributed by atoms with E-state index >= 15 is 0 Å². The van der Waals surface area contributed by atoms with Gasteiger partial charge in [-0.3, -0.25) is 19.3 Å². The molecule has 2 amide bonds. The third-order valence-electron chi connectivity index (χ3n) is 5.63. The van der Waals surface area contributed by atoms with Gasteiger partial charge in [-0.2, -0.15) is 0 Å². The van der Waals surface area contributed by atoms with E-state index in [4.69, 9.17) is 4.74 Å². The number of hydrogen-bond acceptors (Lipinski definition) is 4. The van der Waals surface area contributed by atoms with Gasteiger partial charge in [0.05, 0.1) is 11.6 Å². The van der Waals surface area contributed by atoms with Gasteiger partial charge in [-0.05, 0) is 43.7 Å². The lowest BCUT2D eigenvalue weighted by atomic mass is 9.92. The van der Waals surface area contributed by atoms with Crippen molar-refractivity contribution in [3.63, 3.8) is 0 Å². The van der Waals surface area contributed by atoms with Crippen molar-refractivity contribution < 1.29 is 24.2 Å². The summed E-state index contributed by atoms with van der Waals surface area (Å²) in [7, 11) is 0. The van der Waals surface area contributed by atoms with Gasteiger partial charge in [-0.25, -0.2) is 0 Å². The molecule has 1 saturated carbocycles. The van der Waals surface area contributed by atoms with E-state index in [1.165, 1.54) is 4.90 Å². The molecule has 2 fully saturated rings. The van der Waals surface area contributed by atoms with Gasteiger partial charge in [0.15, 0.2) is 6.10 Å². The van der Waals surface area contributed by atoms with E-state index in [0.717, 1.165) is 12.8 Å². The smallest absolute Gasteiger partial charge is 0.308 e. The average Bonchev–Trinajstić information content (AvgIpc) is 3.36. The third kappa shape index (κ3) is 2.91. The Morgan fingerprint density at radius 3 is 2.65 bits per heavy atom. The van der Waals surface area contributed by atoms with E-state index in [2.05, 4.69) is 0 Å². The number of carbonyl (C=O) groups excluding carboxylic acids is 2. The zero-order chi connectivity index (χ0) is 18.4. The number of hydrogen-bond donors (Lipinski definition) is 1. The van der Waals surface area contributed by atoms with Gasteiger partial charge in [-0.15, -0.1) is 0 Å². The molecule has 26 heavy (non-hydrogen) atoms. The highest BCUT2D eigenvalue weighted by Crippen LogP contribution is 2.44. The Bertz CT molecular complexity index is 760. The summed E-state index contributed by atoms with van der Waals surface area (Å²) in [5.74, 6) is -0.783. The molecule has 1 aromatic rings. The first-order valence-electron chi connectivity index (χ1n) is 9.03. The predicted octanol–water partition coefficient (Wildman–Crippen LogP) is 1.37. The topological polar surface area (TPSA) is 87.2 Å². The molecule has 0 spiro atoms. The monoisotopic (exact) mass is 358 g/mol. The predicted molar refractivity (Wildman–Crippen MR) is 92.8 cm³/mol. The van der Waals surface area contributed by atoms with Crippen molar-refractivity contribution in [3.8, 4) is 5.75 Å². The van der Waals surface area contributed by atoms with Gasteiger partial charge in [-0.1, -0.05) is 12.1 Å². The molecule has 0 aromatic heterocycles. The minimum absolute atomic E-state index is 0.0306. The number of rotatable bonds is 4. The third-order valence-corrected chi connectivity index (χ3v) is 5.63. The second-order valence-corrected chi connectivity index (χ2v) is 7.40. The molecule has 0 radical (unpaired) electrons. The van der Waals surface area contributed by atoms with E-state index in [9.17, 15) is 19.5 Å². The van der Waals surface area contributed by atoms with Crippen LogP contribution in [0.5, 0.6) is 5.75 Å². The van der Waals surface area contributed by atoms with Gasteiger partial charge < -0.3 is 14.7 Å². The zero-order valence-electron chi connectivity index (χ0n) is 14.6. The maximum absolute atomic E-state index is 12.8. The Hall–Kier alpha value is -2.57. The van der Waals surface area contributed by atoms with E-state index in [-0.39, 0.29) is 30.8 Å². The van der Waals surface area contributed by atoms with Gasteiger partial charge in [0.1, 0.15) is 12.3 Å². The maximum Gasteiger partial charge on any atom is 0.308 e. The minimum atomic E-state index is -0.835.